The van der Waals surface area contributed by atoms with Crippen molar-refractivity contribution in [3.05, 3.63) is 29.8 Å². The Morgan fingerprint density at radius 3 is 2.41 bits per heavy atom. The Kier molecular flexibility index (Phi) is 4.93. The molecule has 0 aromatic heterocycles. The zero-order valence-corrected chi connectivity index (χ0v) is 9.80. The minimum atomic E-state index is -1.07. The quantitative estimate of drug-likeness (QED) is 0.665. The SMILES string of the molecule is C[C@@H](N)Cc1ccc(OC[C@H](N)C(=O)O)cc1. The van der Waals surface area contributed by atoms with Crippen LogP contribution in [0, 0.1) is 0 Å². The first-order valence-electron chi connectivity index (χ1n) is 5.44. The maximum absolute atomic E-state index is 10.5. The van der Waals surface area contributed by atoms with E-state index in [9.17, 15) is 4.79 Å². The van der Waals surface area contributed by atoms with Crippen LogP contribution < -0.4 is 16.2 Å². The van der Waals surface area contributed by atoms with E-state index >= 15 is 0 Å². The van der Waals surface area contributed by atoms with Gasteiger partial charge in [0.15, 0.2) is 0 Å². The number of hydrogen-bond acceptors (Lipinski definition) is 4. The van der Waals surface area contributed by atoms with Crippen molar-refractivity contribution in [2.45, 2.75) is 25.4 Å². The second-order valence-electron chi connectivity index (χ2n) is 4.08. The number of carboxylic acids is 1. The van der Waals surface area contributed by atoms with Crippen molar-refractivity contribution < 1.29 is 14.6 Å². The Balaban J connectivity index is 2.48. The lowest BCUT2D eigenvalue weighted by atomic mass is 10.1. The number of aliphatic carboxylic acids is 1. The lowest BCUT2D eigenvalue weighted by Crippen LogP contribution is -2.36. The summed E-state index contributed by atoms with van der Waals surface area (Å²) in [6.07, 6.45) is 0.801. The topological polar surface area (TPSA) is 98.6 Å². The minimum absolute atomic E-state index is 0.0397. The first-order chi connectivity index (χ1) is 7.99. The highest BCUT2D eigenvalue weighted by Crippen LogP contribution is 2.13. The van der Waals surface area contributed by atoms with E-state index in [0.717, 1.165) is 12.0 Å². The van der Waals surface area contributed by atoms with Crippen LogP contribution in [0.25, 0.3) is 0 Å². The molecule has 0 saturated heterocycles. The molecule has 0 spiro atoms. The van der Waals surface area contributed by atoms with Gasteiger partial charge in [0.2, 0.25) is 0 Å². The average Bonchev–Trinajstić information content (AvgIpc) is 2.26. The summed E-state index contributed by atoms with van der Waals surface area (Å²) in [7, 11) is 0. The molecule has 0 fully saturated rings. The minimum Gasteiger partial charge on any atom is -0.491 e. The van der Waals surface area contributed by atoms with E-state index in [4.69, 9.17) is 21.3 Å². The number of benzene rings is 1. The fourth-order valence-electron chi connectivity index (χ4n) is 1.35. The largest absolute Gasteiger partial charge is 0.491 e. The van der Waals surface area contributed by atoms with Crippen LogP contribution in [0.5, 0.6) is 5.75 Å². The molecule has 0 aliphatic rings. The third-order valence-electron chi connectivity index (χ3n) is 2.23. The lowest BCUT2D eigenvalue weighted by molar-refractivity contribution is -0.139. The van der Waals surface area contributed by atoms with E-state index < -0.39 is 12.0 Å². The number of carbonyl (C=O) groups is 1. The van der Waals surface area contributed by atoms with Gasteiger partial charge in [-0.05, 0) is 31.0 Å². The first-order valence-corrected chi connectivity index (χ1v) is 5.44. The van der Waals surface area contributed by atoms with Crippen molar-refractivity contribution in [1.29, 1.82) is 0 Å². The summed E-state index contributed by atoms with van der Waals surface area (Å²) < 4.78 is 5.25. The van der Waals surface area contributed by atoms with Gasteiger partial charge in [0, 0.05) is 6.04 Å². The van der Waals surface area contributed by atoms with Gasteiger partial charge in [-0.3, -0.25) is 4.79 Å². The maximum atomic E-state index is 10.5. The molecule has 0 heterocycles. The molecule has 0 unspecified atom stereocenters. The monoisotopic (exact) mass is 238 g/mol. The highest BCUT2D eigenvalue weighted by molar-refractivity contribution is 5.73. The Bertz CT molecular complexity index is 363. The molecule has 0 aliphatic heterocycles. The maximum Gasteiger partial charge on any atom is 0.324 e. The third kappa shape index (κ3) is 4.84. The summed E-state index contributed by atoms with van der Waals surface area (Å²) in [5, 5.41) is 8.58. The van der Waals surface area contributed by atoms with Crippen LogP contribution in [0.3, 0.4) is 0 Å². The van der Waals surface area contributed by atoms with Gasteiger partial charge in [0.25, 0.3) is 0 Å². The van der Waals surface area contributed by atoms with Crippen molar-refractivity contribution in [2.75, 3.05) is 6.61 Å². The molecule has 5 nitrogen and oxygen atoms in total. The van der Waals surface area contributed by atoms with Crippen molar-refractivity contribution in [2.24, 2.45) is 11.5 Å². The molecular weight excluding hydrogens is 220 g/mol. The molecule has 5 N–H and O–H groups in total. The molecular formula is C12H18N2O3. The molecule has 5 heteroatoms. The molecule has 0 radical (unpaired) electrons. The Labute approximate surface area is 100 Å². The van der Waals surface area contributed by atoms with Crippen molar-refractivity contribution in [3.63, 3.8) is 0 Å². The van der Waals surface area contributed by atoms with E-state index in [2.05, 4.69) is 0 Å². The van der Waals surface area contributed by atoms with Gasteiger partial charge >= 0.3 is 5.97 Å². The Morgan fingerprint density at radius 1 is 1.35 bits per heavy atom. The van der Waals surface area contributed by atoms with E-state index in [0.29, 0.717) is 5.75 Å². The Morgan fingerprint density at radius 2 is 1.94 bits per heavy atom. The van der Waals surface area contributed by atoms with Crippen LogP contribution in [0.2, 0.25) is 0 Å². The molecule has 0 aliphatic carbocycles. The molecule has 94 valence electrons. The van der Waals surface area contributed by atoms with E-state index in [-0.39, 0.29) is 12.6 Å². The summed E-state index contributed by atoms with van der Waals surface area (Å²) in [5.74, 6) is -0.464. The highest BCUT2D eigenvalue weighted by Gasteiger charge is 2.11. The molecule has 0 bridgehead atoms. The molecule has 1 aromatic rings. The van der Waals surface area contributed by atoms with Gasteiger partial charge in [-0.2, -0.15) is 0 Å². The zero-order valence-electron chi connectivity index (χ0n) is 9.80. The van der Waals surface area contributed by atoms with Gasteiger partial charge in [-0.15, -0.1) is 0 Å². The summed E-state index contributed by atoms with van der Waals surface area (Å²) in [6, 6.07) is 6.50. The number of hydrogen-bond donors (Lipinski definition) is 3. The molecule has 0 saturated carbocycles. The van der Waals surface area contributed by atoms with Gasteiger partial charge in [0.1, 0.15) is 18.4 Å². The third-order valence-corrected chi connectivity index (χ3v) is 2.23. The van der Waals surface area contributed by atoms with Crippen molar-refractivity contribution in [3.8, 4) is 5.75 Å². The standard InChI is InChI=1S/C12H18N2O3/c1-8(13)6-9-2-4-10(5-3-9)17-7-11(14)12(15)16/h2-5,8,11H,6-7,13-14H2,1H3,(H,15,16)/t8-,11+/m1/s1. The molecule has 17 heavy (non-hydrogen) atoms. The summed E-state index contributed by atoms with van der Waals surface area (Å²) in [5.41, 5.74) is 12.1. The van der Waals surface area contributed by atoms with Crippen LogP contribution in [0.15, 0.2) is 24.3 Å². The predicted octanol–water partition coefficient (Wildman–Crippen LogP) is 0.367. The molecule has 0 amide bonds. The zero-order chi connectivity index (χ0) is 12.8. The molecule has 1 aromatic carbocycles. The summed E-state index contributed by atoms with van der Waals surface area (Å²) in [4.78, 5) is 10.5. The van der Waals surface area contributed by atoms with Gasteiger partial charge in [-0.1, -0.05) is 12.1 Å². The normalized spacial score (nSPS) is 14.1. The summed E-state index contributed by atoms with van der Waals surface area (Å²) in [6.45, 7) is 1.90. The lowest BCUT2D eigenvalue weighted by Gasteiger charge is -2.10. The van der Waals surface area contributed by atoms with Crippen LogP contribution in [0.4, 0.5) is 0 Å². The van der Waals surface area contributed by atoms with Gasteiger partial charge < -0.3 is 21.3 Å². The average molecular weight is 238 g/mol. The number of rotatable bonds is 6. The van der Waals surface area contributed by atoms with E-state index in [1.165, 1.54) is 0 Å². The predicted molar refractivity (Wildman–Crippen MR) is 64.9 cm³/mol. The van der Waals surface area contributed by atoms with Crippen LogP contribution in [-0.2, 0) is 11.2 Å². The molecule has 2 atom stereocenters. The fourth-order valence-corrected chi connectivity index (χ4v) is 1.35. The first kappa shape index (κ1) is 13.5. The van der Waals surface area contributed by atoms with E-state index in [1.807, 2.05) is 19.1 Å². The second kappa shape index (κ2) is 6.22. The Hall–Kier alpha value is -1.59. The second-order valence-corrected chi connectivity index (χ2v) is 4.08. The highest BCUT2D eigenvalue weighted by atomic mass is 16.5. The summed E-state index contributed by atoms with van der Waals surface area (Å²) >= 11 is 0. The number of ether oxygens (including phenoxy) is 1. The van der Waals surface area contributed by atoms with Crippen LogP contribution in [0.1, 0.15) is 12.5 Å². The van der Waals surface area contributed by atoms with E-state index in [1.54, 1.807) is 12.1 Å². The smallest absolute Gasteiger partial charge is 0.324 e. The fraction of sp³-hybridized carbons (Fsp3) is 0.417. The number of nitrogens with two attached hydrogens (primary N) is 2. The van der Waals surface area contributed by atoms with Gasteiger partial charge in [0.05, 0.1) is 0 Å². The van der Waals surface area contributed by atoms with Crippen LogP contribution >= 0.6 is 0 Å². The molecule has 1 rings (SSSR count). The van der Waals surface area contributed by atoms with Crippen LogP contribution in [-0.4, -0.2) is 29.8 Å². The van der Waals surface area contributed by atoms with Gasteiger partial charge in [-0.25, -0.2) is 0 Å². The van der Waals surface area contributed by atoms with Crippen molar-refractivity contribution >= 4 is 5.97 Å². The van der Waals surface area contributed by atoms with Crippen molar-refractivity contribution in [1.82, 2.24) is 0 Å². The number of carboxylic acid groups (broad SMARTS) is 1.